The third kappa shape index (κ3) is 3.72. The topological polar surface area (TPSA) is 98.5 Å². The number of rotatable bonds is 5. The van der Waals surface area contributed by atoms with E-state index in [-0.39, 0.29) is 24.2 Å². The van der Waals surface area contributed by atoms with E-state index in [2.05, 4.69) is 9.72 Å². The van der Waals surface area contributed by atoms with Gasteiger partial charge in [0, 0.05) is 19.7 Å². The minimum absolute atomic E-state index is 0.143. The fourth-order valence-corrected chi connectivity index (χ4v) is 3.77. The van der Waals surface area contributed by atoms with Gasteiger partial charge in [-0.3, -0.25) is 19.0 Å². The highest BCUT2D eigenvalue weighted by Crippen LogP contribution is 2.35. The van der Waals surface area contributed by atoms with Crippen LogP contribution in [0.3, 0.4) is 0 Å². The molecule has 7 nitrogen and oxygen atoms in total. The number of hydrogen-bond donors (Lipinski definition) is 1. The molecule has 0 aliphatic heterocycles. The Morgan fingerprint density at radius 1 is 1.26 bits per heavy atom. The minimum Gasteiger partial charge on any atom is -0.506 e. The third-order valence-corrected chi connectivity index (χ3v) is 5.36. The van der Waals surface area contributed by atoms with Crippen LogP contribution >= 0.6 is 0 Å². The van der Waals surface area contributed by atoms with Crippen molar-refractivity contribution in [1.29, 1.82) is 0 Å². The molecule has 2 aromatic heterocycles. The zero-order valence-electron chi connectivity index (χ0n) is 15.7. The Hall–Kier alpha value is -2.70. The summed E-state index contributed by atoms with van der Waals surface area (Å²) in [5.41, 5.74) is 0.440. The monoisotopic (exact) mass is 372 g/mol. The van der Waals surface area contributed by atoms with Gasteiger partial charge in [0.15, 0.2) is 5.78 Å². The van der Waals surface area contributed by atoms with Gasteiger partial charge in [-0.25, -0.2) is 4.98 Å². The van der Waals surface area contributed by atoms with Gasteiger partial charge in [0.1, 0.15) is 17.0 Å². The smallest absolute Gasteiger partial charge is 0.305 e. The van der Waals surface area contributed by atoms with E-state index in [9.17, 15) is 19.5 Å². The Kier molecular flexibility index (Phi) is 5.58. The fourth-order valence-electron chi connectivity index (χ4n) is 3.77. The second-order valence-corrected chi connectivity index (χ2v) is 7.06. The number of fused-ring (bicyclic) bond motifs is 1. The van der Waals surface area contributed by atoms with Crippen molar-refractivity contribution < 1.29 is 19.4 Å². The summed E-state index contributed by atoms with van der Waals surface area (Å²) < 4.78 is 5.80. The first-order valence-corrected chi connectivity index (χ1v) is 9.25. The largest absolute Gasteiger partial charge is 0.506 e. The molecule has 2 heterocycles. The predicted octanol–water partition coefficient (Wildman–Crippen LogP) is 2.82. The molecule has 1 aliphatic carbocycles. The van der Waals surface area contributed by atoms with Gasteiger partial charge in [-0.2, -0.15) is 0 Å². The molecule has 0 spiro atoms. The molecule has 0 unspecified atom stereocenters. The van der Waals surface area contributed by atoms with Crippen molar-refractivity contribution in [3.63, 3.8) is 0 Å². The van der Waals surface area contributed by atoms with Gasteiger partial charge in [0.25, 0.3) is 5.56 Å². The van der Waals surface area contributed by atoms with E-state index < -0.39 is 17.3 Å². The Labute approximate surface area is 157 Å². The number of esters is 1. The maximum atomic E-state index is 12.6. The molecule has 3 rings (SSSR count). The van der Waals surface area contributed by atoms with Crippen LogP contribution in [0.1, 0.15) is 66.8 Å². The molecule has 1 saturated carbocycles. The molecule has 1 N–H and O–H groups in total. The number of aryl methyl sites for hydroxylation is 1. The van der Waals surface area contributed by atoms with E-state index >= 15 is 0 Å². The number of nitrogens with zero attached hydrogens (tertiary/aromatic N) is 2. The van der Waals surface area contributed by atoms with Crippen LogP contribution in [0.25, 0.3) is 11.0 Å². The van der Waals surface area contributed by atoms with Crippen molar-refractivity contribution in [2.75, 3.05) is 7.11 Å². The molecule has 2 aromatic rings. The van der Waals surface area contributed by atoms with Crippen LogP contribution in [0.5, 0.6) is 5.75 Å². The molecule has 1 aliphatic rings. The van der Waals surface area contributed by atoms with Gasteiger partial charge >= 0.3 is 5.97 Å². The highest BCUT2D eigenvalue weighted by atomic mass is 16.5. The minimum atomic E-state index is -0.618. The number of aromatic nitrogens is 2. The summed E-state index contributed by atoms with van der Waals surface area (Å²) in [5, 5.41) is 11.1. The zero-order chi connectivity index (χ0) is 19.6. The van der Waals surface area contributed by atoms with Crippen LogP contribution in [-0.2, 0) is 16.6 Å². The van der Waals surface area contributed by atoms with Crippen molar-refractivity contribution in [3.05, 3.63) is 33.7 Å². The molecule has 0 saturated heterocycles. The van der Waals surface area contributed by atoms with Crippen LogP contribution in [0.2, 0.25) is 0 Å². The lowest BCUT2D eigenvalue weighted by Gasteiger charge is -2.22. The average Bonchev–Trinajstić information content (AvgIpc) is 2.70. The Bertz CT molecular complexity index is 942. The number of methoxy groups -OCH3 is 1. The van der Waals surface area contributed by atoms with E-state index in [0.717, 1.165) is 18.4 Å². The van der Waals surface area contributed by atoms with Crippen LogP contribution in [0.15, 0.2) is 17.1 Å². The number of ether oxygens (including phenoxy) is 1. The molecule has 1 fully saturated rings. The molecule has 27 heavy (non-hydrogen) atoms. The van der Waals surface area contributed by atoms with E-state index in [0.29, 0.717) is 17.0 Å². The zero-order valence-corrected chi connectivity index (χ0v) is 15.7. The summed E-state index contributed by atoms with van der Waals surface area (Å²) in [5.74, 6) is -1.09. The Balaban J connectivity index is 2.04. The van der Waals surface area contributed by atoms with Gasteiger partial charge in [-0.1, -0.05) is 19.3 Å². The maximum Gasteiger partial charge on any atom is 0.305 e. The van der Waals surface area contributed by atoms with Crippen LogP contribution in [0.4, 0.5) is 0 Å². The van der Waals surface area contributed by atoms with E-state index in [1.165, 1.54) is 38.0 Å². The molecule has 7 heteroatoms. The Morgan fingerprint density at radius 3 is 2.63 bits per heavy atom. The van der Waals surface area contributed by atoms with Crippen molar-refractivity contribution in [1.82, 2.24) is 9.55 Å². The quantitative estimate of drug-likeness (QED) is 0.640. The number of pyridine rings is 2. The molecule has 144 valence electrons. The molecule has 0 atom stereocenters. The fraction of sp³-hybridized carbons (Fsp3) is 0.500. The number of Topliss-reactive ketones (excluding diaryl/α,β-unsaturated/α-hetero) is 1. The SMILES string of the molecule is COC(=O)CCC(=O)c1c(O)c2cc(C3CCCCC3)cnc2n(C)c1=O. The van der Waals surface area contributed by atoms with E-state index in [1.54, 1.807) is 6.20 Å². The highest BCUT2D eigenvalue weighted by Gasteiger charge is 2.24. The summed E-state index contributed by atoms with van der Waals surface area (Å²) in [6.07, 6.45) is 7.13. The second-order valence-electron chi connectivity index (χ2n) is 7.06. The lowest BCUT2D eigenvalue weighted by atomic mass is 9.84. The molecular weight excluding hydrogens is 348 g/mol. The lowest BCUT2D eigenvalue weighted by molar-refractivity contribution is -0.140. The van der Waals surface area contributed by atoms with Crippen molar-refractivity contribution in [2.45, 2.75) is 50.9 Å². The van der Waals surface area contributed by atoms with E-state index in [1.807, 2.05) is 6.07 Å². The first kappa shape index (κ1) is 19.1. The summed E-state index contributed by atoms with van der Waals surface area (Å²) in [6, 6.07) is 1.84. The average molecular weight is 372 g/mol. The van der Waals surface area contributed by atoms with Crippen LogP contribution in [-0.4, -0.2) is 33.5 Å². The highest BCUT2D eigenvalue weighted by molar-refractivity contribution is 6.03. The summed E-state index contributed by atoms with van der Waals surface area (Å²) in [7, 11) is 2.76. The van der Waals surface area contributed by atoms with Gasteiger partial charge in [-0.05, 0) is 30.4 Å². The lowest BCUT2D eigenvalue weighted by Crippen LogP contribution is -2.26. The second kappa shape index (κ2) is 7.90. The van der Waals surface area contributed by atoms with Crippen molar-refractivity contribution >= 4 is 22.8 Å². The summed E-state index contributed by atoms with van der Waals surface area (Å²) in [4.78, 5) is 40.7. The van der Waals surface area contributed by atoms with Crippen molar-refractivity contribution in [2.24, 2.45) is 7.05 Å². The third-order valence-electron chi connectivity index (χ3n) is 5.36. The summed E-state index contributed by atoms with van der Waals surface area (Å²) in [6.45, 7) is 0. The molecular formula is C20H24N2O5. The first-order chi connectivity index (χ1) is 12.9. The summed E-state index contributed by atoms with van der Waals surface area (Å²) >= 11 is 0. The predicted molar refractivity (Wildman–Crippen MR) is 100 cm³/mol. The molecule has 0 aromatic carbocycles. The Morgan fingerprint density at radius 2 is 1.96 bits per heavy atom. The van der Waals surface area contributed by atoms with Crippen LogP contribution in [0, 0.1) is 0 Å². The normalized spacial score (nSPS) is 15.0. The number of aromatic hydroxyl groups is 1. The molecule has 0 bridgehead atoms. The number of ketones is 1. The van der Waals surface area contributed by atoms with Gasteiger partial charge in [-0.15, -0.1) is 0 Å². The number of carbonyl (C=O) groups excluding carboxylic acids is 2. The first-order valence-electron chi connectivity index (χ1n) is 9.25. The molecule has 0 radical (unpaired) electrons. The van der Waals surface area contributed by atoms with Crippen LogP contribution < -0.4 is 5.56 Å². The van der Waals surface area contributed by atoms with Gasteiger partial charge < -0.3 is 9.84 Å². The van der Waals surface area contributed by atoms with Crippen molar-refractivity contribution in [3.8, 4) is 5.75 Å². The van der Waals surface area contributed by atoms with Gasteiger partial charge in [0.2, 0.25) is 0 Å². The maximum absolute atomic E-state index is 12.6. The number of hydrogen-bond acceptors (Lipinski definition) is 6. The van der Waals surface area contributed by atoms with E-state index in [4.69, 9.17) is 0 Å². The standard InChI is InChI=1S/C20H24N2O5/c1-22-19-14(10-13(11-21-19)12-6-4-3-5-7-12)18(25)17(20(22)26)15(23)8-9-16(24)27-2/h10-12,25H,3-9H2,1-2H3. The molecule has 0 amide bonds. The van der Waals surface area contributed by atoms with Gasteiger partial charge in [0.05, 0.1) is 18.9 Å². The number of carbonyl (C=O) groups is 2.